The Morgan fingerprint density at radius 1 is 1.33 bits per heavy atom. The third kappa shape index (κ3) is 4.54. The SMILES string of the molecule is C=CCn1c(C)nnc1SCC(=O)Nc1c(C(=O)OCC)sc2nc(C)cc(C)c12. The van der Waals surface area contributed by atoms with E-state index in [1.54, 1.807) is 13.0 Å². The molecule has 0 aliphatic carbocycles. The lowest BCUT2D eigenvalue weighted by Gasteiger charge is -2.09. The first-order valence-corrected chi connectivity index (χ1v) is 11.2. The van der Waals surface area contributed by atoms with Crippen molar-refractivity contribution >= 4 is 50.9 Å². The summed E-state index contributed by atoms with van der Waals surface area (Å²) >= 11 is 2.50. The topological polar surface area (TPSA) is 99.0 Å². The van der Waals surface area contributed by atoms with E-state index in [9.17, 15) is 9.59 Å². The van der Waals surface area contributed by atoms with E-state index in [4.69, 9.17) is 4.74 Å². The van der Waals surface area contributed by atoms with Crippen LogP contribution in [0.1, 0.15) is 33.7 Å². The van der Waals surface area contributed by atoms with E-state index in [0.29, 0.717) is 27.1 Å². The summed E-state index contributed by atoms with van der Waals surface area (Å²) in [4.78, 5) is 30.8. The molecule has 8 nitrogen and oxygen atoms in total. The van der Waals surface area contributed by atoms with E-state index in [1.807, 2.05) is 31.4 Å². The Balaban J connectivity index is 1.87. The summed E-state index contributed by atoms with van der Waals surface area (Å²) in [6, 6.07) is 1.93. The minimum Gasteiger partial charge on any atom is -0.462 e. The van der Waals surface area contributed by atoms with Crippen molar-refractivity contribution in [2.24, 2.45) is 0 Å². The molecule has 10 heteroatoms. The number of aryl methyl sites for hydroxylation is 3. The van der Waals surface area contributed by atoms with Crippen molar-refractivity contribution in [3.8, 4) is 0 Å². The monoisotopic (exact) mass is 445 g/mol. The molecule has 3 rings (SSSR count). The highest BCUT2D eigenvalue weighted by atomic mass is 32.2. The lowest BCUT2D eigenvalue weighted by atomic mass is 10.1. The van der Waals surface area contributed by atoms with Crippen molar-refractivity contribution < 1.29 is 14.3 Å². The Morgan fingerprint density at radius 3 is 2.80 bits per heavy atom. The molecule has 3 aromatic heterocycles. The van der Waals surface area contributed by atoms with Crippen LogP contribution in [-0.4, -0.2) is 44.0 Å². The normalized spacial score (nSPS) is 10.9. The number of ether oxygens (including phenoxy) is 1. The van der Waals surface area contributed by atoms with Gasteiger partial charge in [-0.15, -0.1) is 28.1 Å². The average molecular weight is 446 g/mol. The summed E-state index contributed by atoms with van der Waals surface area (Å²) < 4.78 is 7.06. The first-order valence-electron chi connectivity index (χ1n) is 9.36. The highest BCUT2D eigenvalue weighted by Gasteiger charge is 2.24. The summed E-state index contributed by atoms with van der Waals surface area (Å²) in [6.07, 6.45) is 1.75. The lowest BCUT2D eigenvalue weighted by molar-refractivity contribution is -0.113. The molecule has 0 bridgehead atoms. The molecule has 3 aromatic rings. The molecule has 30 heavy (non-hydrogen) atoms. The summed E-state index contributed by atoms with van der Waals surface area (Å²) in [5.41, 5.74) is 2.24. The zero-order valence-electron chi connectivity index (χ0n) is 17.3. The number of carbonyl (C=O) groups excluding carboxylic acids is 2. The van der Waals surface area contributed by atoms with Crippen LogP contribution in [0, 0.1) is 20.8 Å². The number of nitrogens with zero attached hydrogens (tertiary/aromatic N) is 4. The fourth-order valence-corrected chi connectivity index (χ4v) is 4.95. The Hall–Kier alpha value is -2.72. The number of thiophene rings is 1. The van der Waals surface area contributed by atoms with Gasteiger partial charge in [-0.1, -0.05) is 17.8 Å². The molecular weight excluding hydrogens is 422 g/mol. The number of nitrogens with one attached hydrogen (secondary N) is 1. The maximum Gasteiger partial charge on any atom is 0.350 e. The molecule has 0 atom stereocenters. The number of hydrogen-bond acceptors (Lipinski definition) is 8. The third-order valence-corrected chi connectivity index (χ3v) is 6.29. The smallest absolute Gasteiger partial charge is 0.350 e. The number of carbonyl (C=O) groups is 2. The quantitative estimate of drug-likeness (QED) is 0.319. The van der Waals surface area contributed by atoms with Gasteiger partial charge in [-0.25, -0.2) is 9.78 Å². The number of esters is 1. The minimum absolute atomic E-state index is 0.118. The van der Waals surface area contributed by atoms with Crippen molar-refractivity contribution in [1.29, 1.82) is 0 Å². The van der Waals surface area contributed by atoms with Gasteiger partial charge in [0.1, 0.15) is 15.5 Å². The van der Waals surface area contributed by atoms with Crippen LogP contribution in [0.2, 0.25) is 0 Å². The molecule has 0 saturated carbocycles. The summed E-state index contributed by atoms with van der Waals surface area (Å²) in [7, 11) is 0. The van der Waals surface area contributed by atoms with Gasteiger partial charge >= 0.3 is 5.97 Å². The fourth-order valence-electron chi connectivity index (χ4n) is 3.01. The van der Waals surface area contributed by atoms with Crippen LogP contribution < -0.4 is 5.32 Å². The van der Waals surface area contributed by atoms with Gasteiger partial charge < -0.3 is 14.6 Å². The summed E-state index contributed by atoms with van der Waals surface area (Å²) in [6.45, 7) is 12.0. The standard InChI is InChI=1S/C20H23N5O3S2/c1-6-8-25-13(5)23-24-20(25)29-10-14(26)22-16-15-11(3)9-12(4)21-18(15)30-17(16)19(27)28-7-2/h6,9H,1,7-8,10H2,2-5H3,(H,22,26). The number of amides is 1. The number of thioether (sulfide) groups is 1. The Morgan fingerprint density at radius 2 is 2.10 bits per heavy atom. The Labute approximate surface area is 182 Å². The molecule has 3 heterocycles. The second-order valence-electron chi connectivity index (χ2n) is 6.55. The molecule has 0 aliphatic rings. The third-order valence-electron chi connectivity index (χ3n) is 4.26. The van der Waals surface area contributed by atoms with Crippen molar-refractivity contribution in [3.05, 3.63) is 40.7 Å². The van der Waals surface area contributed by atoms with Crippen LogP contribution in [0.3, 0.4) is 0 Å². The van der Waals surface area contributed by atoms with Crippen LogP contribution >= 0.6 is 23.1 Å². The predicted octanol–water partition coefficient (Wildman–Crippen LogP) is 3.91. The average Bonchev–Trinajstić information content (AvgIpc) is 3.21. The van der Waals surface area contributed by atoms with Crippen molar-refractivity contribution in [3.63, 3.8) is 0 Å². The van der Waals surface area contributed by atoms with E-state index in [1.165, 1.54) is 23.1 Å². The highest BCUT2D eigenvalue weighted by Crippen LogP contribution is 2.38. The van der Waals surface area contributed by atoms with Crippen LogP contribution in [0.5, 0.6) is 0 Å². The number of allylic oxidation sites excluding steroid dienone is 1. The predicted molar refractivity (Wildman–Crippen MR) is 119 cm³/mol. The molecule has 0 aliphatic heterocycles. The van der Waals surface area contributed by atoms with Crippen LogP contribution in [0.15, 0.2) is 23.9 Å². The van der Waals surface area contributed by atoms with E-state index in [0.717, 1.165) is 22.5 Å². The second kappa shape index (κ2) is 9.40. The van der Waals surface area contributed by atoms with E-state index < -0.39 is 5.97 Å². The Bertz CT molecular complexity index is 1120. The van der Waals surface area contributed by atoms with Gasteiger partial charge in [0.05, 0.1) is 18.0 Å². The summed E-state index contributed by atoms with van der Waals surface area (Å²) in [5, 5.41) is 12.5. The lowest BCUT2D eigenvalue weighted by Crippen LogP contribution is -2.17. The van der Waals surface area contributed by atoms with Gasteiger partial charge in [0, 0.05) is 17.6 Å². The zero-order chi connectivity index (χ0) is 21.8. The molecule has 0 spiro atoms. The molecule has 0 radical (unpaired) electrons. The van der Waals surface area contributed by atoms with Gasteiger partial charge in [-0.3, -0.25) is 4.79 Å². The summed E-state index contributed by atoms with van der Waals surface area (Å²) in [5.74, 6) is 0.147. The number of hydrogen-bond donors (Lipinski definition) is 1. The second-order valence-corrected chi connectivity index (χ2v) is 8.49. The molecule has 0 aromatic carbocycles. The first kappa shape index (κ1) is 22.0. The number of rotatable bonds is 8. The Kier molecular flexibility index (Phi) is 6.88. The van der Waals surface area contributed by atoms with E-state index in [-0.39, 0.29) is 18.3 Å². The molecule has 0 fully saturated rings. The van der Waals surface area contributed by atoms with E-state index in [2.05, 4.69) is 27.1 Å². The number of aromatic nitrogens is 4. The maximum atomic E-state index is 12.7. The van der Waals surface area contributed by atoms with Crippen molar-refractivity contribution in [2.45, 2.75) is 39.4 Å². The van der Waals surface area contributed by atoms with Gasteiger partial charge in [0.25, 0.3) is 0 Å². The molecule has 1 N–H and O–H groups in total. The number of fused-ring (bicyclic) bond motifs is 1. The van der Waals surface area contributed by atoms with Crippen LogP contribution in [-0.2, 0) is 16.1 Å². The van der Waals surface area contributed by atoms with Crippen molar-refractivity contribution in [1.82, 2.24) is 19.7 Å². The van der Waals surface area contributed by atoms with Gasteiger partial charge in [0.2, 0.25) is 5.91 Å². The molecule has 158 valence electrons. The van der Waals surface area contributed by atoms with Crippen LogP contribution in [0.25, 0.3) is 10.2 Å². The molecule has 1 amide bonds. The number of pyridine rings is 1. The fraction of sp³-hybridized carbons (Fsp3) is 0.350. The van der Waals surface area contributed by atoms with Gasteiger partial charge in [-0.05, 0) is 39.3 Å². The van der Waals surface area contributed by atoms with Crippen LogP contribution in [0.4, 0.5) is 5.69 Å². The molecule has 0 unspecified atom stereocenters. The van der Waals surface area contributed by atoms with Gasteiger partial charge in [0.15, 0.2) is 5.16 Å². The first-order chi connectivity index (χ1) is 14.3. The maximum absolute atomic E-state index is 12.7. The molecule has 0 saturated heterocycles. The van der Waals surface area contributed by atoms with Gasteiger partial charge in [-0.2, -0.15) is 0 Å². The highest BCUT2D eigenvalue weighted by molar-refractivity contribution is 7.99. The van der Waals surface area contributed by atoms with Crippen molar-refractivity contribution in [2.75, 3.05) is 17.7 Å². The molecular formula is C20H23N5O3S2. The number of anilines is 1. The largest absolute Gasteiger partial charge is 0.462 e. The zero-order valence-corrected chi connectivity index (χ0v) is 18.9. The van der Waals surface area contributed by atoms with E-state index >= 15 is 0 Å². The minimum atomic E-state index is -0.471.